The number of nitrogens with one attached hydrogen (secondary N) is 4. The van der Waals surface area contributed by atoms with Gasteiger partial charge in [-0.1, -0.05) is 0 Å². The van der Waals surface area contributed by atoms with Gasteiger partial charge in [0, 0.05) is 26.2 Å². The van der Waals surface area contributed by atoms with Crippen molar-refractivity contribution < 1.29 is 29.1 Å². The highest BCUT2D eigenvalue weighted by Crippen LogP contribution is 2.08. The number of guanidine groups is 4. The van der Waals surface area contributed by atoms with Crippen molar-refractivity contribution in [3.05, 3.63) is 0 Å². The van der Waals surface area contributed by atoms with E-state index in [1.165, 1.54) is 0 Å². The summed E-state index contributed by atoms with van der Waals surface area (Å²) in [7, 11) is 0. The van der Waals surface area contributed by atoms with E-state index in [9.17, 15) is 29.1 Å². The summed E-state index contributed by atoms with van der Waals surface area (Å²) in [6.07, 6.45) is 2.39. The van der Waals surface area contributed by atoms with Crippen molar-refractivity contribution in [3.8, 4) is 0 Å². The third kappa shape index (κ3) is 23.8. The van der Waals surface area contributed by atoms with Gasteiger partial charge in [-0.15, -0.1) is 0 Å². The van der Waals surface area contributed by atoms with Gasteiger partial charge in [0.2, 0.25) is 23.6 Å². The molecular formula is C30H62N18O6. The van der Waals surface area contributed by atoms with E-state index in [2.05, 4.69) is 41.2 Å². The molecule has 0 bridgehead atoms. The van der Waals surface area contributed by atoms with E-state index in [4.69, 9.17) is 57.3 Å². The Bertz CT molecular complexity index is 1290. The lowest BCUT2D eigenvalue weighted by atomic mass is 10.0. The number of nitrogens with two attached hydrogens (primary N) is 10. The Labute approximate surface area is 314 Å². The van der Waals surface area contributed by atoms with Crippen LogP contribution in [-0.2, 0) is 24.0 Å². The SMILES string of the molecule is NCCCCC(NC(=O)C(CCCN=C(N)N)NC(=O)C(CCCN=C(N)N)NC(=O)C(CCCN=C(N)N)NC(=O)C(N)CCCN=C(N)N)C(=O)O. The minimum absolute atomic E-state index is 0.00268. The lowest BCUT2D eigenvalue weighted by Gasteiger charge is -2.26. The van der Waals surface area contributed by atoms with Crippen LogP contribution in [0.5, 0.6) is 0 Å². The lowest BCUT2D eigenvalue weighted by Crippen LogP contribution is -2.58. The molecule has 0 aliphatic rings. The number of rotatable bonds is 29. The van der Waals surface area contributed by atoms with Gasteiger partial charge in [-0.3, -0.25) is 39.1 Å². The van der Waals surface area contributed by atoms with E-state index < -0.39 is 59.8 Å². The van der Waals surface area contributed by atoms with Crippen molar-refractivity contribution in [2.75, 3.05) is 32.7 Å². The molecule has 24 heteroatoms. The smallest absolute Gasteiger partial charge is 0.326 e. The molecule has 0 aliphatic carbocycles. The Morgan fingerprint density at radius 3 is 1.06 bits per heavy atom. The number of amides is 4. The van der Waals surface area contributed by atoms with Crippen LogP contribution in [0.4, 0.5) is 0 Å². The second kappa shape index (κ2) is 27.9. The van der Waals surface area contributed by atoms with E-state index in [-0.39, 0.29) is 101 Å². The zero-order valence-corrected chi connectivity index (χ0v) is 30.8. The van der Waals surface area contributed by atoms with Crippen LogP contribution in [0.15, 0.2) is 20.0 Å². The van der Waals surface area contributed by atoms with Crippen LogP contribution in [0.25, 0.3) is 0 Å². The van der Waals surface area contributed by atoms with Gasteiger partial charge in [0.1, 0.15) is 24.2 Å². The minimum atomic E-state index is -1.27. The Balaban J connectivity index is 6.29. The average molecular weight is 771 g/mol. The first kappa shape index (κ1) is 48.3. The Morgan fingerprint density at radius 2 is 0.741 bits per heavy atom. The number of aliphatic imine (C=N–C) groups is 4. The molecule has 0 saturated carbocycles. The largest absolute Gasteiger partial charge is 0.480 e. The fourth-order valence-corrected chi connectivity index (χ4v) is 4.81. The number of nitrogens with zero attached hydrogens (tertiary/aromatic N) is 4. The van der Waals surface area contributed by atoms with Gasteiger partial charge in [-0.25, -0.2) is 4.79 Å². The summed E-state index contributed by atoms with van der Waals surface area (Å²) < 4.78 is 0. The maximum Gasteiger partial charge on any atom is 0.326 e. The normalized spacial score (nSPS) is 13.4. The molecule has 0 aliphatic heterocycles. The lowest BCUT2D eigenvalue weighted by molar-refractivity contribution is -0.142. The summed E-state index contributed by atoms with van der Waals surface area (Å²) in [5.41, 5.74) is 54.7. The van der Waals surface area contributed by atoms with Gasteiger partial charge in [0.25, 0.3) is 0 Å². The van der Waals surface area contributed by atoms with Crippen molar-refractivity contribution in [1.29, 1.82) is 0 Å². The van der Waals surface area contributed by atoms with Crippen LogP contribution in [-0.4, -0.2) is 121 Å². The van der Waals surface area contributed by atoms with Crippen molar-refractivity contribution in [1.82, 2.24) is 21.3 Å². The van der Waals surface area contributed by atoms with Gasteiger partial charge < -0.3 is 83.7 Å². The molecule has 5 atom stereocenters. The first-order valence-electron chi connectivity index (χ1n) is 17.6. The summed E-state index contributed by atoms with van der Waals surface area (Å²) in [6, 6.07) is -5.99. The minimum Gasteiger partial charge on any atom is -0.480 e. The number of hydrogen-bond acceptors (Lipinski definition) is 11. The molecule has 54 heavy (non-hydrogen) atoms. The molecule has 5 unspecified atom stereocenters. The van der Waals surface area contributed by atoms with Crippen molar-refractivity contribution in [2.24, 2.45) is 77.3 Å². The molecule has 0 aromatic carbocycles. The summed E-state index contributed by atoms with van der Waals surface area (Å²) in [6.45, 7) is 0.919. The summed E-state index contributed by atoms with van der Waals surface area (Å²) in [4.78, 5) is 81.4. The molecule has 0 saturated heterocycles. The summed E-state index contributed by atoms with van der Waals surface area (Å²) in [5.74, 6) is -4.86. The van der Waals surface area contributed by atoms with Crippen LogP contribution in [0, 0.1) is 0 Å². The Morgan fingerprint density at radius 1 is 0.444 bits per heavy atom. The topological polar surface area (TPSA) is 463 Å². The first-order chi connectivity index (χ1) is 25.5. The highest BCUT2D eigenvalue weighted by Gasteiger charge is 2.31. The van der Waals surface area contributed by atoms with Gasteiger partial charge in [0.15, 0.2) is 23.8 Å². The number of carbonyl (C=O) groups excluding carboxylic acids is 4. The molecule has 4 amide bonds. The van der Waals surface area contributed by atoms with E-state index in [0.29, 0.717) is 25.8 Å². The monoisotopic (exact) mass is 771 g/mol. The number of carboxylic acid groups (broad SMARTS) is 1. The first-order valence-corrected chi connectivity index (χ1v) is 17.6. The molecule has 0 spiro atoms. The maximum atomic E-state index is 13.8. The number of hydrogen-bond donors (Lipinski definition) is 15. The third-order valence-corrected chi connectivity index (χ3v) is 7.60. The Kier molecular flexibility index (Phi) is 25.0. The van der Waals surface area contributed by atoms with Crippen molar-refractivity contribution in [3.63, 3.8) is 0 Å². The molecule has 25 N–H and O–H groups in total. The van der Waals surface area contributed by atoms with E-state index in [1.807, 2.05) is 0 Å². The van der Waals surface area contributed by atoms with Gasteiger partial charge in [-0.2, -0.15) is 0 Å². The van der Waals surface area contributed by atoms with Crippen LogP contribution in [0.1, 0.15) is 70.6 Å². The summed E-state index contributed by atoms with van der Waals surface area (Å²) >= 11 is 0. The fraction of sp³-hybridized carbons (Fsp3) is 0.700. The maximum absolute atomic E-state index is 13.8. The molecule has 0 fully saturated rings. The number of carboxylic acids is 1. The molecular weight excluding hydrogens is 708 g/mol. The van der Waals surface area contributed by atoms with E-state index in [1.54, 1.807) is 0 Å². The number of carbonyl (C=O) groups is 5. The molecule has 0 rings (SSSR count). The predicted molar refractivity (Wildman–Crippen MR) is 206 cm³/mol. The molecule has 308 valence electrons. The van der Waals surface area contributed by atoms with E-state index in [0.717, 1.165) is 0 Å². The zero-order valence-electron chi connectivity index (χ0n) is 30.8. The quantitative estimate of drug-likeness (QED) is 0.0191. The Hall–Kier alpha value is -5.65. The third-order valence-electron chi connectivity index (χ3n) is 7.60. The second-order valence-electron chi connectivity index (χ2n) is 12.3. The number of aliphatic carboxylic acids is 1. The molecule has 0 heterocycles. The van der Waals surface area contributed by atoms with Crippen molar-refractivity contribution in [2.45, 2.75) is 101 Å². The van der Waals surface area contributed by atoms with Gasteiger partial charge >= 0.3 is 5.97 Å². The highest BCUT2D eigenvalue weighted by atomic mass is 16.4. The fourth-order valence-electron chi connectivity index (χ4n) is 4.81. The van der Waals surface area contributed by atoms with Crippen LogP contribution in [0.3, 0.4) is 0 Å². The predicted octanol–water partition coefficient (Wildman–Crippen LogP) is -6.32. The standard InChI is InChI=1S/C30H62N18O6/c31-12-2-1-8-21(26(53)54)48-25(52)20(11-6-16-44-30(39)40)47-24(51)19(10-5-15-43-29(37)38)46-23(50)18(9-4-14-42-28(35)36)45-22(49)17(32)7-3-13-41-27(33)34/h17-21H,1-16,31-32H2,(H,45,49)(H,46,50)(H,47,51)(H,48,52)(H,53,54)(H4,33,34,41)(H4,35,36,42)(H4,37,38,43)(H4,39,40,44). The summed E-state index contributed by atoms with van der Waals surface area (Å²) in [5, 5.41) is 20.0. The van der Waals surface area contributed by atoms with Crippen LogP contribution < -0.4 is 78.6 Å². The molecule has 0 aromatic heterocycles. The molecule has 24 nitrogen and oxygen atoms in total. The highest BCUT2D eigenvalue weighted by molar-refractivity contribution is 5.95. The van der Waals surface area contributed by atoms with Gasteiger partial charge in [-0.05, 0) is 77.2 Å². The molecule has 0 radical (unpaired) electrons. The second-order valence-corrected chi connectivity index (χ2v) is 12.3. The number of unbranched alkanes of at least 4 members (excludes halogenated alkanes) is 1. The van der Waals surface area contributed by atoms with Crippen LogP contribution in [0.2, 0.25) is 0 Å². The zero-order chi connectivity index (χ0) is 41.1. The van der Waals surface area contributed by atoms with Crippen LogP contribution >= 0.6 is 0 Å². The van der Waals surface area contributed by atoms with Gasteiger partial charge in [0.05, 0.1) is 6.04 Å². The molecule has 0 aromatic rings. The van der Waals surface area contributed by atoms with Crippen molar-refractivity contribution >= 4 is 53.4 Å². The van der Waals surface area contributed by atoms with E-state index >= 15 is 0 Å². The average Bonchev–Trinajstić information content (AvgIpc) is 3.09.